The van der Waals surface area contributed by atoms with Crippen molar-refractivity contribution in [3.8, 4) is 0 Å². The maximum Gasteiger partial charge on any atom is 0.186 e. The second-order valence-electron chi connectivity index (χ2n) is 4.31. The molecule has 0 spiro atoms. The van der Waals surface area contributed by atoms with Crippen LogP contribution in [-0.4, -0.2) is 34.3 Å². The third-order valence-electron chi connectivity index (χ3n) is 3.29. The van der Waals surface area contributed by atoms with Crippen LogP contribution >= 0.6 is 0 Å². The van der Waals surface area contributed by atoms with Gasteiger partial charge in [0.15, 0.2) is 11.6 Å². The van der Waals surface area contributed by atoms with Gasteiger partial charge in [-0.25, -0.2) is 14.4 Å². The lowest BCUT2D eigenvalue weighted by atomic mass is 10.0. The van der Waals surface area contributed by atoms with Crippen molar-refractivity contribution in [1.29, 1.82) is 0 Å². The first-order chi connectivity index (χ1) is 7.65. The molecule has 1 saturated heterocycles. The zero-order chi connectivity index (χ0) is 11.7. The highest BCUT2D eigenvalue weighted by atomic mass is 19.1. The molecule has 4 nitrogen and oxygen atoms in total. The van der Waals surface area contributed by atoms with Gasteiger partial charge in [-0.1, -0.05) is 6.92 Å². The first-order valence-electron chi connectivity index (χ1n) is 5.49. The quantitative estimate of drug-likeness (QED) is 0.819. The fraction of sp³-hybridized carbons (Fsp3) is 0.636. The zero-order valence-electron chi connectivity index (χ0n) is 9.52. The first kappa shape index (κ1) is 11.3. The molecule has 0 saturated carbocycles. The van der Waals surface area contributed by atoms with Gasteiger partial charge in [0.1, 0.15) is 6.33 Å². The van der Waals surface area contributed by atoms with Crippen molar-refractivity contribution in [3.05, 3.63) is 17.8 Å². The van der Waals surface area contributed by atoms with E-state index in [1.165, 1.54) is 6.33 Å². The van der Waals surface area contributed by atoms with E-state index in [1.54, 1.807) is 6.92 Å². The summed E-state index contributed by atoms with van der Waals surface area (Å²) in [6.07, 6.45) is 2.32. The molecule has 1 N–H and O–H groups in total. The van der Waals surface area contributed by atoms with Crippen LogP contribution in [0.2, 0.25) is 0 Å². The zero-order valence-corrected chi connectivity index (χ0v) is 9.52. The molecule has 1 aromatic heterocycles. The highest BCUT2D eigenvalue weighted by molar-refractivity contribution is 5.43. The SMILES string of the molecule is Cc1ncnc(N2CCC(C)C2CO)c1F. The average molecular weight is 225 g/mol. The molecule has 2 heterocycles. The molecule has 16 heavy (non-hydrogen) atoms. The summed E-state index contributed by atoms with van der Waals surface area (Å²) in [5.41, 5.74) is 0.348. The minimum Gasteiger partial charge on any atom is -0.394 e. The van der Waals surface area contributed by atoms with Gasteiger partial charge in [-0.2, -0.15) is 0 Å². The Bertz CT molecular complexity index is 385. The number of aromatic nitrogens is 2. The Balaban J connectivity index is 2.34. The summed E-state index contributed by atoms with van der Waals surface area (Å²) in [6.45, 7) is 4.45. The molecule has 2 unspecified atom stereocenters. The van der Waals surface area contributed by atoms with Crippen molar-refractivity contribution in [1.82, 2.24) is 9.97 Å². The molecular formula is C11H16FN3O. The van der Waals surface area contributed by atoms with E-state index in [2.05, 4.69) is 16.9 Å². The second-order valence-corrected chi connectivity index (χ2v) is 4.31. The number of aliphatic hydroxyl groups excluding tert-OH is 1. The molecule has 2 rings (SSSR count). The first-order valence-corrected chi connectivity index (χ1v) is 5.49. The summed E-state index contributed by atoms with van der Waals surface area (Å²) in [5, 5.41) is 9.32. The van der Waals surface area contributed by atoms with Gasteiger partial charge >= 0.3 is 0 Å². The molecule has 2 atom stereocenters. The predicted molar refractivity (Wildman–Crippen MR) is 58.7 cm³/mol. The van der Waals surface area contributed by atoms with Crippen molar-refractivity contribution < 1.29 is 9.50 Å². The number of rotatable bonds is 2. The standard InChI is InChI=1S/C11H16FN3O/c1-7-3-4-15(9(7)5-16)11-10(12)8(2)13-6-14-11/h6-7,9,16H,3-5H2,1-2H3. The molecule has 1 aliphatic heterocycles. The van der Waals surface area contributed by atoms with Crippen LogP contribution in [0.3, 0.4) is 0 Å². The highest BCUT2D eigenvalue weighted by Gasteiger charge is 2.33. The van der Waals surface area contributed by atoms with E-state index < -0.39 is 0 Å². The number of aryl methyl sites for hydroxylation is 1. The summed E-state index contributed by atoms with van der Waals surface area (Å²) in [5.74, 6) is 0.297. The lowest BCUT2D eigenvalue weighted by Crippen LogP contribution is -2.36. The molecule has 88 valence electrons. The van der Waals surface area contributed by atoms with E-state index in [0.717, 1.165) is 13.0 Å². The van der Waals surface area contributed by atoms with Crippen molar-refractivity contribution >= 4 is 5.82 Å². The van der Waals surface area contributed by atoms with Crippen LogP contribution in [0, 0.1) is 18.7 Å². The summed E-state index contributed by atoms with van der Waals surface area (Å²) in [4.78, 5) is 9.63. The largest absolute Gasteiger partial charge is 0.394 e. The smallest absolute Gasteiger partial charge is 0.186 e. The topological polar surface area (TPSA) is 49.2 Å². The van der Waals surface area contributed by atoms with Gasteiger partial charge < -0.3 is 10.0 Å². The molecule has 5 heteroatoms. The molecule has 0 aliphatic carbocycles. The number of hydrogen-bond acceptors (Lipinski definition) is 4. The summed E-state index contributed by atoms with van der Waals surface area (Å²) < 4.78 is 13.8. The highest BCUT2D eigenvalue weighted by Crippen LogP contribution is 2.29. The van der Waals surface area contributed by atoms with Crippen molar-refractivity contribution in [2.45, 2.75) is 26.3 Å². The van der Waals surface area contributed by atoms with E-state index >= 15 is 0 Å². The van der Waals surface area contributed by atoms with Crippen molar-refractivity contribution in [3.63, 3.8) is 0 Å². The maximum atomic E-state index is 13.8. The van der Waals surface area contributed by atoms with E-state index in [9.17, 15) is 9.50 Å². The van der Waals surface area contributed by atoms with Crippen LogP contribution in [0.15, 0.2) is 6.33 Å². The Labute approximate surface area is 94.1 Å². The van der Waals surface area contributed by atoms with Crippen molar-refractivity contribution in [2.24, 2.45) is 5.92 Å². The molecular weight excluding hydrogens is 209 g/mol. The van der Waals surface area contributed by atoms with E-state index in [4.69, 9.17) is 0 Å². The molecule has 0 amide bonds. The van der Waals surface area contributed by atoms with Crippen LogP contribution in [-0.2, 0) is 0 Å². The fourth-order valence-electron chi connectivity index (χ4n) is 2.20. The molecule has 1 aliphatic rings. The number of nitrogens with zero attached hydrogens (tertiary/aromatic N) is 3. The number of hydrogen-bond donors (Lipinski definition) is 1. The fourth-order valence-corrected chi connectivity index (χ4v) is 2.20. The normalized spacial score (nSPS) is 25.1. The third-order valence-corrected chi connectivity index (χ3v) is 3.29. The summed E-state index contributed by atoms with van der Waals surface area (Å²) >= 11 is 0. The van der Waals surface area contributed by atoms with Crippen LogP contribution in [0.25, 0.3) is 0 Å². The van der Waals surface area contributed by atoms with Crippen LogP contribution in [0.4, 0.5) is 10.2 Å². The number of anilines is 1. The van der Waals surface area contributed by atoms with Crippen LogP contribution in [0.1, 0.15) is 19.0 Å². The van der Waals surface area contributed by atoms with Crippen LogP contribution in [0.5, 0.6) is 0 Å². The van der Waals surface area contributed by atoms with Gasteiger partial charge in [0.25, 0.3) is 0 Å². The minimum absolute atomic E-state index is 0.0314. The number of aliphatic hydroxyl groups is 1. The van der Waals surface area contributed by atoms with Gasteiger partial charge in [0.2, 0.25) is 0 Å². The summed E-state index contributed by atoms with van der Waals surface area (Å²) in [6, 6.07) is -0.0381. The lowest BCUT2D eigenvalue weighted by molar-refractivity contribution is 0.244. The Morgan fingerprint density at radius 1 is 1.56 bits per heavy atom. The molecule has 0 bridgehead atoms. The average Bonchev–Trinajstić information content (AvgIpc) is 2.63. The van der Waals surface area contributed by atoms with Gasteiger partial charge in [-0.15, -0.1) is 0 Å². The van der Waals surface area contributed by atoms with Gasteiger partial charge in [-0.05, 0) is 19.3 Å². The Hall–Kier alpha value is -1.23. The van der Waals surface area contributed by atoms with Gasteiger partial charge in [0.05, 0.1) is 18.3 Å². The van der Waals surface area contributed by atoms with Crippen molar-refractivity contribution in [2.75, 3.05) is 18.1 Å². The lowest BCUT2D eigenvalue weighted by Gasteiger charge is -2.26. The van der Waals surface area contributed by atoms with E-state index in [0.29, 0.717) is 17.4 Å². The monoisotopic (exact) mass is 225 g/mol. The second kappa shape index (κ2) is 4.33. The Morgan fingerprint density at radius 2 is 2.31 bits per heavy atom. The van der Waals surface area contributed by atoms with Crippen LogP contribution < -0.4 is 4.90 Å². The maximum absolute atomic E-state index is 13.8. The van der Waals surface area contributed by atoms with Gasteiger partial charge in [-0.3, -0.25) is 0 Å². The predicted octanol–water partition coefficient (Wildman–Crippen LogP) is 1.13. The molecule has 0 radical (unpaired) electrons. The molecule has 1 aromatic rings. The van der Waals surface area contributed by atoms with E-state index in [1.807, 2.05) is 4.90 Å². The minimum atomic E-state index is -0.380. The van der Waals surface area contributed by atoms with E-state index in [-0.39, 0.29) is 18.5 Å². The Morgan fingerprint density at radius 3 is 3.00 bits per heavy atom. The summed E-state index contributed by atoms with van der Waals surface area (Å²) in [7, 11) is 0. The molecule has 0 aromatic carbocycles. The third kappa shape index (κ3) is 1.75. The Kier molecular flexibility index (Phi) is 3.05. The number of halogens is 1. The van der Waals surface area contributed by atoms with Gasteiger partial charge in [0, 0.05) is 6.54 Å². The molecule has 1 fully saturated rings.